The third-order valence-corrected chi connectivity index (χ3v) is 9.70. The van der Waals surface area contributed by atoms with Crippen LogP contribution in [0, 0.1) is 11.3 Å². The van der Waals surface area contributed by atoms with Crippen LogP contribution in [0.15, 0.2) is 34.1 Å². The van der Waals surface area contributed by atoms with Gasteiger partial charge >= 0.3 is 5.97 Å². The molecule has 8 nitrogen and oxygen atoms in total. The number of sulfonamides is 2. The molecule has 3 aliphatic rings. The first-order valence-corrected chi connectivity index (χ1v) is 12.8. The van der Waals surface area contributed by atoms with Crippen LogP contribution in [-0.2, 0) is 29.6 Å². The maximum Gasteiger partial charge on any atom is 0.313 e. The zero-order valence-corrected chi connectivity index (χ0v) is 18.6. The van der Waals surface area contributed by atoms with Crippen LogP contribution < -0.4 is 0 Å². The molecule has 4 rings (SSSR count). The maximum absolute atomic E-state index is 13.1. The number of benzene rings is 1. The Morgan fingerprint density at radius 2 is 1.62 bits per heavy atom. The number of fused-ring (bicyclic) bond motifs is 2. The van der Waals surface area contributed by atoms with E-state index in [9.17, 15) is 21.6 Å². The summed E-state index contributed by atoms with van der Waals surface area (Å²) in [4.78, 5) is 12.4. The van der Waals surface area contributed by atoms with Crippen LogP contribution in [0.3, 0.4) is 0 Å². The molecule has 0 N–H and O–H groups in total. The van der Waals surface area contributed by atoms with Gasteiger partial charge < -0.3 is 4.74 Å². The molecule has 29 heavy (non-hydrogen) atoms. The summed E-state index contributed by atoms with van der Waals surface area (Å²) in [5.41, 5.74) is -0.752. The van der Waals surface area contributed by atoms with Crippen molar-refractivity contribution in [1.82, 2.24) is 8.61 Å². The monoisotopic (exact) mass is 444 g/mol. The molecule has 2 aliphatic heterocycles. The van der Waals surface area contributed by atoms with Gasteiger partial charge in [-0.2, -0.15) is 8.61 Å². The molecular formula is C19H28N2O6S2. The number of ether oxygens (including phenoxy) is 1. The molecule has 0 atom stereocenters. The van der Waals surface area contributed by atoms with Crippen LogP contribution in [0.1, 0.15) is 33.6 Å². The Morgan fingerprint density at radius 3 is 2.14 bits per heavy atom. The van der Waals surface area contributed by atoms with Gasteiger partial charge in [0, 0.05) is 26.2 Å². The van der Waals surface area contributed by atoms with E-state index in [1.54, 1.807) is 20.8 Å². The van der Waals surface area contributed by atoms with Crippen molar-refractivity contribution in [3.63, 3.8) is 0 Å². The third-order valence-electron chi connectivity index (χ3n) is 5.81. The fourth-order valence-electron chi connectivity index (χ4n) is 4.34. The number of rotatable bonds is 8. The average Bonchev–Trinajstić information content (AvgIpc) is 2.68. The number of nitrogens with zero attached hydrogens (tertiary/aromatic N) is 2. The summed E-state index contributed by atoms with van der Waals surface area (Å²) in [5.74, 6) is -0.193. The largest absolute Gasteiger partial charge is 0.466 e. The van der Waals surface area contributed by atoms with Gasteiger partial charge in [-0.15, -0.1) is 0 Å². The lowest BCUT2D eigenvalue weighted by atomic mass is 9.59. The van der Waals surface area contributed by atoms with Crippen molar-refractivity contribution in [3.05, 3.63) is 24.3 Å². The van der Waals surface area contributed by atoms with Crippen LogP contribution in [0.25, 0.3) is 0 Å². The molecule has 1 saturated carbocycles. The Hall–Kier alpha value is -1.49. The van der Waals surface area contributed by atoms with Gasteiger partial charge in [0.05, 0.1) is 21.8 Å². The maximum atomic E-state index is 13.1. The van der Waals surface area contributed by atoms with E-state index in [1.165, 1.54) is 32.9 Å². The molecule has 0 unspecified atom stereocenters. The molecule has 0 spiro atoms. The van der Waals surface area contributed by atoms with Gasteiger partial charge in [0.25, 0.3) is 0 Å². The molecule has 3 fully saturated rings. The second kappa shape index (κ2) is 7.98. The quantitative estimate of drug-likeness (QED) is 0.566. The predicted molar refractivity (Wildman–Crippen MR) is 107 cm³/mol. The number of piperidine rings is 2. The lowest BCUT2D eigenvalue weighted by molar-refractivity contribution is -0.171. The van der Waals surface area contributed by atoms with E-state index in [0.29, 0.717) is 32.5 Å². The summed E-state index contributed by atoms with van der Waals surface area (Å²) in [6.45, 7) is 6.64. The predicted octanol–water partition coefficient (Wildman–Crippen LogP) is 1.68. The summed E-state index contributed by atoms with van der Waals surface area (Å²) < 4.78 is 59.2. The molecule has 1 aromatic rings. The van der Waals surface area contributed by atoms with Crippen molar-refractivity contribution < 1.29 is 26.4 Å². The third kappa shape index (κ3) is 3.83. The molecule has 0 radical (unpaired) electrons. The van der Waals surface area contributed by atoms with Crippen molar-refractivity contribution in [2.75, 3.05) is 32.8 Å². The van der Waals surface area contributed by atoms with Crippen molar-refractivity contribution in [2.45, 2.75) is 43.4 Å². The number of carbonyl (C=O) groups is 1. The van der Waals surface area contributed by atoms with E-state index in [4.69, 9.17) is 4.74 Å². The highest BCUT2D eigenvalue weighted by Gasteiger charge is 2.58. The van der Waals surface area contributed by atoms with Crippen molar-refractivity contribution >= 4 is 26.0 Å². The summed E-state index contributed by atoms with van der Waals surface area (Å²) >= 11 is 0. The molecule has 2 saturated heterocycles. The molecule has 1 aromatic carbocycles. The molecule has 0 amide bonds. The first kappa shape index (κ1) is 22.2. The summed E-state index contributed by atoms with van der Waals surface area (Å²) in [6.07, 6.45) is 1.30. The minimum Gasteiger partial charge on any atom is -0.466 e. The van der Waals surface area contributed by atoms with E-state index in [-0.39, 0.29) is 34.8 Å². The molecule has 162 valence electrons. The molecule has 2 bridgehead atoms. The highest BCUT2D eigenvalue weighted by Crippen LogP contribution is 2.52. The Morgan fingerprint density at radius 1 is 1.07 bits per heavy atom. The van der Waals surface area contributed by atoms with Gasteiger partial charge in [-0.05, 0) is 49.9 Å². The number of hydrogen-bond donors (Lipinski definition) is 0. The van der Waals surface area contributed by atoms with Crippen molar-refractivity contribution in [1.29, 1.82) is 0 Å². The minimum atomic E-state index is -3.83. The Labute approximate surface area is 172 Å². The minimum absolute atomic E-state index is 0.0244. The first-order chi connectivity index (χ1) is 13.6. The normalized spacial score (nSPS) is 24.9. The molecule has 1 aliphatic carbocycles. The zero-order valence-electron chi connectivity index (χ0n) is 17.0. The van der Waals surface area contributed by atoms with Crippen LogP contribution >= 0.6 is 0 Å². The molecule has 2 heterocycles. The van der Waals surface area contributed by atoms with Gasteiger partial charge in [-0.1, -0.05) is 13.8 Å². The first-order valence-electron chi connectivity index (χ1n) is 9.88. The summed E-state index contributed by atoms with van der Waals surface area (Å²) in [5, 5.41) is 0. The lowest BCUT2D eigenvalue weighted by Gasteiger charge is -2.53. The van der Waals surface area contributed by atoms with E-state index in [0.717, 1.165) is 0 Å². The summed E-state index contributed by atoms with van der Waals surface area (Å²) in [7, 11) is -7.48. The van der Waals surface area contributed by atoms with Crippen LogP contribution in [0.2, 0.25) is 0 Å². The Kier molecular flexibility index (Phi) is 6.11. The zero-order chi connectivity index (χ0) is 21.4. The van der Waals surface area contributed by atoms with Gasteiger partial charge in [0.2, 0.25) is 20.0 Å². The second-order valence-corrected chi connectivity index (χ2v) is 11.5. The topological polar surface area (TPSA) is 101 Å². The summed E-state index contributed by atoms with van der Waals surface area (Å²) in [6, 6.07) is 5.30. The molecular weight excluding hydrogens is 416 g/mol. The van der Waals surface area contributed by atoms with E-state index in [1.807, 2.05) is 0 Å². The van der Waals surface area contributed by atoms with Gasteiger partial charge in [-0.3, -0.25) is 4.79 Å². The number of carbonyl (C=O) groups excluding carboxylic acids is 1. The number of esters is 1. The van der Waals surface area contributed by atoms with Gasteiger partial charge in [-0.25, -0.2) is 16.8 Å². The SMILES string of the molecule is CCOC(=O)C12CC(CN(S(=O)(=O)c3ccc(S(=O)(=O)N(CC)CC)cc3)C1)C2. The smallest absolute Gasteiger partial charge is 0.313 e. The van der Waals surface area contributed by atoms with Crippen molar-refractivity contribution in [2.24, 2.45) is 11.3 Å². The fourth-order valence-corrected chi connectivity index (χ4v) is 7.40. The van der Waals surface area contributed by atoms with Crippen LogP contribution in [0.5, 0.6) is 0 Å². The fraction of sp³-hybridized carbons (Fsp3) is 0.632. The standard InChI is InChI=1S/C19H28N2O6S2/c1-4-20(5-2)28(23,24)16-7-9-17(10-8-16)29(25,26)21-13-15-11-19(12-15,14-21)18(22)27-6-3/h7-10,15H,4-6,11-14H2,1-3H3. The lowest BCUT2D eigenvalue weighted by Crippen LogP contribution is -2.61. The van der Waals surface area contributed by atoms with E-state index >= 15 is 0 Å². The van der Waals surface area contributed by atoms with Gasteiger partial charge in [0.1, 0.15) is 0 Å². The highest BCUT2D eigenvalue weighted by molar-refractivity contribution is 7.89. The molecule has 0 aromatic heterocycles. The van der Waals surface area contributed by atoms with E-state index in [2.05, 4.69) is 0 Å². The Bertz CT molecular complexity index is 962. The highest BCUT2D eigenvalue weighted by atomic mass is 32.2. The van der Waals surface area contributed by atoms with E-state index < -0.39 is 25.5 Å². The van der Waals surface area contributed by atoms with Crippen LogP contribution in [0.4, 0.5) is 0 Å². The number of hydrogen-bond acceptors (Lipinski definition) is 6. The average molecular weight is 445 g/mol. The van der Waals surface area contributed by atoms with Crippen LogP contribution in [-0.4, -0.2) is 64.2 Å². The van der Waals surface area contributed by atoms with Crippen molar-refractivity contribution in [3.8, 4) is 0 Å². The Balaban J connectivity index is 1.83. The second-order valence-electron chi connectivity index (χ2n) is 7.63. The van der Waals surface area contributed by atoms with Gasteiger partial charge in [0.15, 0.2) is 0 Å². The molecule has 10 heteroatoms.